The molecule has 0 heterocycles. The second-order valence-corrected chi connectivity index (χ2v) is 2.36. The van der Waals surface area contributed by atoms with Gasteiger partial charge in [-0.3, -0.25) is 0 Å². The lowest BCUT2D eigenvalue weighted by Crippen LogP contribution is -2.12. The van der Waals surface area contributed by atoms with Crippen molar-refractivity contribution in [3.63, 3.8) is 0 Å². The van der Waals surface area contributed by atoms with E-state index in [-0.39, 0.29) is 0 Å². The molecule has 42 valence electrons. The molecule has 0 aliphatic heterocycles. The molecular formula is C2H3Cl2NO2. The minimum absolute atomic E-state index is 0.653. The Morgan fingerprint density at radius 2 is 2.14 bits per heavy atom. The molecule has 0 saturated carbocycles. The van der Waals surface area contributed by atoms with Gasteiger partial charge >= 0.3 is 0 Å². The Morgan fingerprint density at radius 1 is 1.71 bits per heavy atom. The van der Waals surface area contributed by atoms with Crippen LogP contribution in [0.2, 0.25) is 0 Å². The monoisotopic (exact) mass is 143 g/mol. The third-order valence-corrected chi connectivity index (χ3v) is 0.701. The molecule has 0 radical (unpaired) electrons. The van der Waals surface area contributed by atoms with Gasteiger partial charge in [-0.25, -0.2) is 0 Å². The van der Waals surface area contributed by atoms with Crippen molar-refractivity contribution in [2.45, 2.75) is 4.46 Å². The van der Waals surface area contributed by atoms with Crippen molar-refractivity contribution in [2.75, 3.05) is 6.61 Å². The second kappa shape index (κ2) is 2.45. The molecule has 0 fully saturated rings. The molecule has 0 atom stereocenters. The van der Waals surface area contributed by atoms with E-state index < -0.39 is 11.1 Å². The quantitative estimate of drug-likeness (QED) is 0.355. The van der Waals surface area contributed by atoms with Gasteiger partial charge in [-0.05, 0) is 5.18 Å². The van der Waals surface area contributed by atoms with Gasteiger partial charge in [0.05, 0.1) is 0 Å². The van der Waals surface area contributed by atoms with Crippen molar-refractivity contribution in [1.29, 1.82) is 0 Å². The molecule has 1 N–H and O–H groups in total. The first-order chi connectivity index (χ1) is 3.12. The predicted octanol–water partition coefficient (Wildman–Crippen LogP) is 0.876. The number of aliphatic hydroxyl groups excluding tert-OH is 1. The van der Waals surface area contributed by atoms with E-state index in [1.165, 1.54) is 0 Å². The summed E-state index contributed by atoms with van der Waals surface area (Å²) in [4.78, 5) is 9.38. The number of nitroso groups, excluding NO2 is 1. The molecule has 0 aromatic rings. The summed E-state index contributed by atoms with van der Waals surface area (Å²) in [6.07, 6.45) is 0. The predicted molar refractivity (Wildman–Crippen MR) is 27.3 cm³/mol. The second-order valence-electron chi connectivity index (χ2n) is 0.915. The van der Waals surface area contributed by atoms with Crippen molar-refractivity contribution >= 4 is 23.2 Å². The van der Waals surface area contributed by atoms with Gasteiger partial charge in [0, 0.05) is 0 Å². The highest BCUT2D eigenvalue weighted by atomic mass is 35.5. The summed E-state index contributed by atoms with van der Waals surface area (Å²) in [5, 5.41) is 10.2. The highest BCUT2D eigenvalue weighted by molar-refractivity contribution is 6.48. The van der Waals surface area contributed by atoms with Gasteiger partial charge in [-0.15, -0.1) is 4.91 Å². The van der Waals surface area contributed by atoms with E-state index in [9.17, 15) is 4.91 Å². The van der Waals surface area contributed by atoms with E-state index in [4.69, 9.17) is 28.3 Å². The van der Waals surface area contributed by atoms with Crippen LogP contribution in [0.15, 0.2) is 5.18 Å². The van der Waals surface area contributed by atoms with Crippen LogP contribution in [-0.4, -0.2) is 16.2 Å². The van der Waals surface area contributed by atoms with Gasteiger partial charge in [-0.1, -0.05) is 23.2 Å². The lowest BCUT2D eigenvalue weighted by molar-refractivity contribution is 0.281. The Balaban J connectivity index is 3.58. The summed E-state index contributed by atoms with van der Waals surface area (Å²) in [6, 6.07) is 0. The van der Waals surface area contributed by atoms with Crippen LogP contribution >= 0.6 is 23.2 Å². The fourth-order valence-electron chi connectivity index (χ4n) is 0.0289. The van der Waals surface area contributed by atoms with Crippen molar-refractivity contribution in [2.24, 2.45) is 5.18 Å². The van der Waals surface area contributed by atoms with E-state index in [0.29, 0.717) is 0 Å². The molecule has 0 saturated heterocycles. The maximum Gasteiger partial charge on any atom is 0.271 e. The van der Waals surface area contributed by atoms with E-state index in [2.05, 4.69) is 5.18 Å². The Labute approximate surface area is 50.2 Å². The molecule has 0 aromatic heterocycles. The Hall–Kier alpha value is 0.140. The fraction of sp³-hybridized carbons (Fsp3) is 1.00. The van der Waals surface area contributed by atoms with Crippen molar-refractivity contribution in [3.05, 3.63) is 4.91 Å². The number of alkyl halides is 2. The standard InChI is InChI=1S/C2H3Cl2NO2/c3-2(4,1-6)5-7/h6H,1H2. The number of nitrogens with zero attached hydrogens (tertiary/aromatic N) is 1. The molecular weight excluding hydrogens is 141 g/mol. The van der Waals surface area contributed by atoms with Crippen LogP contribution in [0, 0.1) is 4.91 Å². The lowest BCUT2D eigenvalue weighted by atomic mass is 10.7. The maximum absolute atomic E-state index is 9.38. The van der Waals surface area contributed by atoms with Gasteiger partial charge in [0.1, 0.15) is 6.61 Å². The highest BCUT2D eigenvalue weighted by Crippen LogP contribution is 2.19. The molecule has 0 amide bonds. The van der Waals surface area contributed by atoms with Crippen LogP contribution in [-0.2, 0) is 0 Å². The Morgan fingerprint density at radius 3 is 2.14 bits per heavy atom. The lowest BCUT2D eigenvalue weighted by Gasteiger charge is -2.01. The van der Waals surface area contributed by atoms with E-state index >= 15 is 0 Å². The number of hydrogen-bond acceptors (Lipinski definition) is 3. The molecule has 5 heteroatoms. The topological polar surface area (TPSA) is 49.7 Å². The number of hydrogen-bond donors (Lipinski definition) is 1. The first-order valence-corrected chi connectivity index (χ1v) is 2.21. The molecule has 0 unspecified atom stereocenters. The minimum Gasteiger partial charge on any atom is -0.391 e. The van der Waals surface area contributed by atoms with E-state index in [1.54, 1.807) is 0 Å². The smallest absolute Gasteiger partial charge is 0.271 e. The number of aliphatic hydroxyl groups is 1. The Bertz CT molecular complexity index is 74.1. The van der Waals surface area contributed by atoms with Gasteiger partial charge in [0.25, 0.3) is 4.46 Å². The number of halogens is 2. The summed E-state index contributed by atoms with van der Waals surface area (Å²) < 4.78 is -1.85. The summed E-state index contributed by atoms with van der Waals surface area (Å²) in [5.74, 6) is 0. The van der Waals surface area contributed by atoms with Crippen molar-refractivity contribution in [1.82, 2.24) is 0 Å². The molecule has 0 rings (SSSR count). The van der Waals surface area contributed by atoms with Crippen LogP contribution in [0.5, 0.6) is 0 Å². The molecule has 0 bridgehead atoms. The summed E-state index contributed by atoms with van der Waals surface area (Å²) in [5.41, 5.74) is 0. The zero-order valence-corrected chi connectivity index (χ0v) is 4.78. The zero-order valence-electron chi connectivity index (χ0n) is 3.27. The van der Waals surface area contributed by atoms with Crippen LogP contribution in [0.3, 0.4) is 0 Å². The van der Waals surface area contributed by atoms with Gasteiger partial charge in [0.15, 0.2) is 0 Å². The SMILES string of the molecule is O=NC(Cl)(Cl)CO. The molecule has 0 aromatic carbocycles. The molecule has 0 spiro atoms. The Kier molecular flexibility index (Phi) is 2.50. The van der Waals surface area contributed by atoms with Crippen LogP contribution < -0.4 is 0 Å². The first-order valence-electron chi connectivity index (χ1n) is 1.45. The number of rotatable bonds is 2. The van der Waals surface area contributed by atoms with Gasteiger partial charge in [-0.2, -0.15) is 0 Å². The van der Waals surface area contributed by atoms with Crippen LogP contribution in [0.4, 0.5) is 0 Å². The minimum atomic E-state index is -1.85. The summed E-state index contributed by atoms with van der Waals surface area (Å²) in [7, 11) is 0. The third-order valence-electron chi connectivity index (χ3n) is 0.324. The molecule has 7 heavy (non-hydrogen) atoms. The average molecular weight is 144 g/mol. The van der Waals surface area contributed by atoms with Crippen molar-refractivity contribution in [3.8, 4) is 0 Å². The first kappa shape index (κ1) is 7.14. The molecule has 0 aliphatic rings. The average Bonchev–Trinajstić information content (AvgIpc) is 1.68. The molecule has 0 aliphatic carbocycles. The maximum atomic E-state index is 9.38. The fourth-order valence-corrected chi connectivity index (χ4v) is 0.0289. The largest absolute Gasteiger partial charge is 0.391 e. The van der Waals surface area contributed by atoms with Crippen molar-refractivity contribution < 1.29 is 5.11 Å². The highest BCUT2D eigenvalue weighted by Gasteiger charge is 2.22. The normalized spacial score (nSPS) is 11.3. The van der Waals surface area contributed by atoms with Gasteiger partial charge < -0.3 is 5.11 Å². The van der Waals surface area contributed by atoms with E-state index in [1.807, 2.05) is 0 Å². The van der Waals surface area contributed by atoms with E-state index in [0.717, 1.165) is 0 Å². The van der Waals surface area contributed by atoms with Crippen LogP contribution in [0.25, 0.3) is 0 Å². The zero-order chi connectivity index (χ0) is 5.91. The summed E-state index contributed by atoms with van der Waals surface area (Å²) >= 11 is 9.88. The summed E-state index contributed by atoms with van der Waals surface area (Å²) in [6.45, 7) is -0.653. The third kappa shape index (κ3) is 2.79. The van der Waals surface area contributed by atoms with Crippen LogP contribution in [0.1, 0.15) is 0 Å². The van der Waals surface area contributed by atoms with Gasteiger partial charge in [0.2, 0.25) is 0 Å². The molecule has 3 nitrogen and oxygen atoms in total.